The molecular formula is C13H21ClN4O. The van der Waals surface area contributed by atoms with Crippen molar-refractivity contribution in [3.05, 3.63) is 5.28 Å². The number of anilines is 1. The van der Waals surface area contributed by atoms with E-state index in [-0.39, 0.29) is 5.28 Å². The van der Waals surface area contributed by atoms with Crippen molar-refractivity contribution in [2.75, 3.05) is 18.5 Å². The second-order valence-electron chi connectivity index (χ2n) is 4.94. The van der Waals surface area contributed by atoms with E-state index >= 15 is 0 Å². The van der Waals surface area contributed by atoms with Crippen molar-refractivity contribution in [3.63, 3.8) is 0 Å². The van der Waals surface area contributed by atoms with E-state index in [1.54, 1.807) is 0 Å². The molecule has 6 heteroatoms. The Labute approximate surface area is 119 Å². The summed E-state index contributed by atoms with van der Waals surface area (Å²) < 4.78 is 5.38. The lowest BCUT2D eigenvalue weighted by atomic mass is 9.89. The van der Waals surface area contributed by atoms with Crippen LogP contribution in [0, 0.1) is 5.92 Å². The van der Waals surface area contributed by atoms with Crippen molar-refractivity contribution in [2.45, 2.75) is 45.4 Å². The first-order valence-corrected chi connectivity index (χ1v) is 7.44. The first-order chi connectivity index (χ1) is 9.28. The summed E-state index contributed by atoms with van der Waals surface area (Å²) >= 11 is 5.87. The van der Waals surface area contributed by atoms with Crippen molar-refractivity contribution in [1.29, 1.82) is 0 Å². The molecular weight excluding hydrogens is 264 g/mol. The second-order valence-corrected chi connectivity index (χ2v) is 5.28. The van der Waals surface area contributed by atoms with Crippen LogP contribution in [0.4, 0.5) is 5.95 Å². The van der Waals surface area contributed by atoms with Crippen LogP contribution in [0.2, 0.25) is 5.28 Å². The molecule has 1 saturated carbocycles. The lowest BCUT2D eigenvalue weighted by Crippen LogP contribution is -2.18. The molecule has 0 amide bonds. The molecule has 0 spiro atoms. The van der Waals surface area contributed by atoms with Crippen LogP contribution < -0.4 is 10.1 Å². The highest BCUT2D eigenvalue weighted by Crippen LogP contribution is 2.23. The van der Waals surface area contributed by atoms with Crippen LogP contribution in [0.15, 0.2) is 0 Å². The molecule has 1 heterocycles. The third-order valence-electron chi connectivity index (χ3n) is 3.30. The molecule has 1 aliphatic rings. The van der Waals surface area contributed by atoms with Gasteiger partial charge in [0.2, 0.25) is 11.2 Å². The first kappa shape index (κ1) is 14.3. The molecule has 106 valence electrons. The van der Waals surface area contributed by atoms with Gasteiger partial charge >= 0.3 is 6.01 Å². The van der Waals surface area contributed by atoms with Crippen LogP contribution in [0.25, 0.3) is 0 Å². The zero-order valence-corrected chi connectivity index (χ0v) is 12.1. The minimum absolute atomic E-state index is 0.173. The highest BCUT2D eigenvalue weighted by molar-refractivity contribution is 6.28. The van der Waals surface area contributed by atoms with Gasteiger partial charge in [-0.1, -0.05) is 26.2 Å². The van der Waals surface area contributed by atoms with Crippen molar-refractivity contribution >= 4 is 17.5 Å². The zero-order valence-electron chi connectivity index (χ0n) is 11.4. The monoisotopic (exact) mass is 284 g/mol. The molecule has 0 saturated heterocycles. The fourth-order valence-electron chi connectivity index (χ4n) is 2.30. The fraction of sp³-hybridized carbons (Fsp3) is 0.769. The van der Waals surface area contributed by atoms with E-state index in [0.717, 1.165) is 13.0 Å². The van der Waals surface area contributed by atoms with Crippen LogP contribution in [-0.2, 0) is 0 Å². The topological polar surface area (TPSA) is 59.9 Å². The van der Waals surface area contributed by atoms with E-state index in [9.17, 15) is 0 Å². The zero-order chi connectivity index (χ0) is 13.5. The summed E-state index contributed by atoms with van der Waals surface area (Å²) in [6.07, 6.45) is 7.50. The Hall–Kier alpha value is -1.10. The highest BCUT2D eigenvalue weighted by atomic mass is 35.5. The van der Waals surface area contributed by atoms with Crippen LogP contribution in [0.5, 0.6) is 6.01 Å². The Kier molecular flexibility index (Phi) is 5.63. The van der Waals surface area contributed by atoms with Crippen molar-refractivity contribution in [3.8, 4) is 6.01 Å². The molecule has 0 aromatic carbocycles. The van der Waals surface area contributed by atoms with E-state index in [2.05, 4.69) is 20.3 Å². The van der Waals surface area contributed by atoms with Gasteiger partial charge in [0.15, 0.2) is 0 Å². The third-order valence-corrected chi connectivity index (χ3v) is 3.47. The smallest absolute Gasteiger partial charge is 0.322 e. The maximum absolute atomic E-state index is 5.87. The minimum Gasteiger partial charge on any atom is -0.463 e. The molecule has 1 aliphatic carbocycles. The summed E-state index contributed by atoms with van der Waals surface area (Å²) in [6.45, 7) is 3.51. The molecule has 0 aliphatic heterocycles. The molecule has 5 nitrogen and oxygen atoms in total. The van der Waals surface area contributed by atoms with Crippen molar-refractivity contribution < 1.29 is 4.74 Å². The van der Waals surface area contributed by atoms with Crippen LogP contribution >= 0.6 is 11.6 Å². The Morgan fingerprint density at radius 1 is 1.21 bits per heavy atom. The summed E-state index contributed by atoms with van der Waals surface area (Å²) in [5.41, 5.74) is 0. The van der Waals surface area contributed by atoms with E-state index in [0.29, 0.717) is 24.5 Å². The Balaban J connectivity index is 1.89. The number of aromatic nitrogens is 3. The van der Waals surface area contributed by atoms with Gasteiger partial charge < -0.3 is 10.1 Å². The summed E-state index contributed by atoms with van der Waals surface area (Å²) in [5.74, 6) is 1.22. The summed E-state index contributed by atoms with van der Waals surface area (Å²) in [5, 5.41) is 3.42. The third kappa shape index (κ3) is 4.82. The quantitative estimate of drug-likeness (QED) is 0.868. The van der Waals surface area contributed by atoms with E-state index in [1.165, 1.54) is 32.1 Å². The van der Waals surface area contributed by atoms with Gasteiger partial charge in [0.05, 0.1) is 6.61 Å². The Morgan fingerprint density at radius 2 is 2.00 bits per heavy atom. The predicted molar refractivity (Wildman–Crippen MR) is 75.7 cm³/mol. The molecule has 0 radical (unpaired) electrons. The average Bonchev–Trinajstić information content (AvgIpc) is 2.43. The largest absolute Gasteiger partial charge is 0.463 e. The lowest BCUT2D eigenvalue weighted by molar-refractivity contribution is 0.291. The van der Waals surface area contributed by atoms with Crippen LogP contribution in [0.1, 0.15) is 45.4 Å². The van der Waals surface area contributed by atoms with Gasteiger partial charge in [-0.3, -0.25) is 0 Å². The number of hydrogen-bond donors (Lipinski definition) is 1. The van der Waals surface area contributed by atoms with Crippen molar-refractivity contribution in [1.82, 2.24) is 15.0 Å². The van der Waals surface area contributed by atoms with Crippen molar-refractivity contribution in [2.24, 2.45) is 5.92 Å². The molecule has 1 N–H and O–H groups in total. The summed E-state index contributed by atoms with van der Waals surface area (Å²) in [6, 6.07) is 0.299. The van der Waals surface area contributed by atoms with Gasteiger partial charge in [0.25, 0.3) is 0 Å². The summed E-state index contributed by atoms with van der Waals surface area (Å²) in [4.78, 5) is 12.2. The first-order valence-electron chi connectivity index (χ1n) is 7.06. The maximum Gasteiger partial charge on any atom is 0.322 e. The average molecular weight is 285 g/mol. The minimum atomic E-state index is 0.173. The number of hydrogen-bond acceptors (Lipinski definition) is 5. The molecule has 0 atom stereocenters. The van der Waals surface area contributed by atoms with E-state index in [1.807, 2.05) is 6.92 Å². The molecule has 19 heavy (non-hydrogen) atoms. The highest BCUT2D eigenvalue weighted by Gasteiger charge is 2.14. The number of nitrogens with zero attached hydrogens (tertiary/aromatic N) is 3. The lowest BCUT2D eigenvalue weighted by Gasteiger charge is -2.21. The van der Waals surface area contributed by atoms with E-state index in [4.69, 9.17) is 16.3 Å². The molecule has 1 aromatic heterocycles. The normalized spacial score (nSPS) is 16.3. The van der Waals surface area contributed by atoms with Crippen LogP contribution in [0.3, 0.4) is 0 Å². The van der Waals surface area contributed by atoms with E-state index < -0.39 is 0 Å². The molecule has 2 rings (SSSR count). The number of halogens is 1. The fourth-order valence-corrected chi connectivity index (χ4v) is 2.45. The standard InChI is InChI=1S/C13H21ClN4O/c1-2-8-19-13-17-11(14)16-12(18-13)15-9-10-6-4-3-5-7-10/h10H,2-9H2,1H3,(H,15,16,17,18). The number of rotatable bonds is 6. The second kappa shape index (κ2) is 7.48. The number of ether oxygens (including phenoxy) is 1. The van der Waals surface area contributed by atoms with Gasteiger partial charge in [-0.15, -0.1) is 0 Å². The van der Waals surface area contributed by atoms with Gasteiger partial charge in [-0.05, 0) is 36.8 Å². The molecule has 0 unspecified atom stereocenters. The van der Waals surface area contributed by atoms with Gasteiger partial charge in [-0.25, -0.2) is 0 Å². The molecule has 1 fully saturated rings. The Morgan fingerprint density at radius 3 is 2.74 bits per heavy atom. The van der Waals surface area contributed by atoms with Gasteiger partial charge in [0, 0.05) is 6.54 Å². The predicted octanol–water partition coefficient (Wildman–Crippen LogP) is 3.31. The SMILES string of the molecule is CCCOc1nc(Cl)nc(NCC2CCCCC2)n1. The maximum atomic E-state index is 5.87. The number of nitrogens with one attached hydrogen (secondary N) is 1. The molecule has 0 bridgehead atoms. The van der Waals surface area contributed by atoms with Gasteiger partial charge in [0.1, 0.15) is 0 Å². The summed E-state index contributed by atoms with van der Waals surface area (Å²) in [7, 11) is 0. The molecule has 1 aromatic rings. The van der Waals surface area contributed by atoms with Crippen LogP contribution in [-0.4, -0.2) is 28.1 Å². The van der Waals surface area contributed by atoms with Gasteiger partial charge in [-0.2, -0.15) is 15.0 Å². The Bertz CT molecular complexity index is 396.